The number of nitrogens with zero attached hydrogens (tertiary/aromatic N) is 3. The van der Waals surface area contributed by atoms with Gasteiger partial charge in [-0.1, -0.05) is 6.42 Å². The number of hydrogen-bond donors (Lipinski definition) is 0. The molecule has 2 aliphatic heterocycles. The van der Waals surface area contributed by atoms with E-state index in [-0.39, 0.29) is 6.04 Å². The lowest BCUT2D eigenvalue weighted by atomic mass is 10.2. The second-order valence-electron chi connectivity index (χ2n) is 5.38. The highest BCUT2D eigenvalue weighted by molar-refractivity contribution is 7.86. The van der Waals surface area contributed by atoms with Crippen molar-refractivity contribution in [1.29, 1.82) is 0 Å². The Balaban J connectivity index is 1.86. The Kier molecular flexibility index (Phi) is 3.41. The van der Waals surface area contributed by atoms with Crippen LogP contribution in [-0.4, -0.2) is 41.2 Å². The van der Waals surface area contributed by atoms with Crippen molar-refractivity contribution in [2.75, 3.05) is 19.6 Å². The summed E-state index contributed by atoms with van der Waals surface area (Å²) in [6, 6.07) is 3.93. The van der Waals surface area contributed by atoms with Gasteiger partial charge in [0, 0.05) is 38.1 Å². The second-order valence-corrected chi connectivity index (χ2v) is 7.26. The van der Waals surface area contributed by atoms with E-state index < -0.39 is 10.2 Å². The first kappa shape index (κ1) is 13.1. The Bertz CT molecular complexity index is 546. The first-order valence-corrected chi connectivity index (χ1v) is 8.42. The van der Waals surface area contributed by atoms with Crippen LogP contribution in [0.25, 0.3) is 0 Å². The van der Waals surface area contributed by atoms with Crippen molar-refractivity contribution in [2.45, 2.75) is 38.8 Å². The van der Waals surface area contributed by atoms with Gasteiger partial charge in [-0.2, -0.15) is 17.0 Å². The van der Waals surface area contributed by atoms with Crippen molar-refractivity contribution in [3.8, 4) is 0 Å². The van der Waals surface area contributed by atoms with Gasteiger partial charge < -0.3 is 4.57 Å². The molecule has 3 heterocycles. The highest BCUT2D eigenvalue weighted by Gasteiger charge is 2.37. The summed E-state index contributed by atoms with van der Waals surface area (Å²) < 4.78 is 30.9. The zero-order chi connectivity index (χ0) is 13.5. The molecule has 0 aliphatic carbocycles. The van der Waals surface area contributed by atoms with Crippen molar-refractivity contribution in [3.63, 3.8) is 0 Å². The highest BCUT2D eigenvalue weighted by atomic mass is 32.2. The fourth-order valence-corrected chi connectivity index (χ4v) is 4.95. The van der Waals surface area contributed by atoms with E-state index in [0.717, 1.165) is 31.5 Å². The van der Waals surface area contributed by atoms with Gasteiger partial charge in [0.05, 0.1) is 6.04 Å². The normalized spacial score (nSPS) is 26.3. The first-order chi connectivity index (χ1) is 9.10. The Hall–Kier alpha value is -0.850. The maximum absolute atomic E-state index is 12.7. The Morgan fingerprint density at radius 2 is 1.84 bits per heavy atom. The predicted octanol–water partition coefficient (Wildman–Crippen LogP) is 1.60. The average Bonchev–Trinajstić information content (AvgIpc) is 2.89. The third-order valence-electron chi connectivity index (χ3n) is 4.22. The highest BCUT2D eigenvalue weighted by Crippen LogP contribution is 2.30. The van der Waals surface area contributed by atoms with Gasteiger partial charge >= 0.3 is 0 Å². The van der Waals surface area contributed by atoms with Crippen molar-refractivity contribution >= 4 is 10.2 Å². The third-order valence-corrected chi connectivity index (χ3v) is 6.33. The molecule has 1 atom stereocenters. The van der Waals surface area contributed by atoms with E-state index in [1.165, 1.54) is 0 Å². The number of hydrogen-bond acceptors (Lipinski definition) is 2. The zero-order valence-corrected chi connectivity index (χ0v) is 12.1. The number of piperidine rings is 1. The molecule has 106 valence electrons. The molecule has 2 aliphatic rings. The summed E-state index contributed by atoms with van der Waals surface area (Å²) in [5.74, 6) is 0. The van der Waals surface area contributed by atoms with Gasteiger partial charge in [-0.3, -0.25) is 0 Å². The van der Waals surface area contributed by atoms with Gasteiger partial charge in [-0.05, 0) is 31.9 Å². The quantitative estimate of drug-likeness (QED) is 0.827. The second kappa shape index (κ2) is 4.92. The van der Waals surface area contributed by atoms with Crippen molar-refractivity contribution in [2.24, 2.45) is 0 Å². The first-order valence-electron chi connectivity index (χ1n) is 7.02. The molecule has 0 saturated carbocycles. The fourth-order valence-electron chi connectivity index (χ4n) is 3.12. The van der Waals surface area contributed by atoms with Gasteiger partial charge in [0.1, 0.15) is 0 Å². The minimum absolute atomic E-state index is 0.0734. The number of fused-ring (bicyclic) bond motifs is 1. The van der Waals surface area contributed by atoms with E-state index in [2.05, 4.69) is 4.57 Å². The number of rotatable bonds is 2. The van der Waals surface area contributed by atoms with Crippen LogP contribution in [0.15, 0.2) is 18.3 Å². The molecule has 1 unspecified atom stereocenters. The molecule has 0 radical (unpaired) electrons. The van der Waals surface area contributed by atoms with E-state index in [0.29, 0.717) is 19.6 Å². The Morgan fingerprint density at radius 3 is 2.58 bits per heavy atom. The van der Waals surface area contributed by atoms with Crippen LogP contribution in [0.1, 0.15) is 37.9 Å². The molecule has 19 heavy (non-hydrogen) atoms. The Labute approximate surface area is 115 Å². The molecule has 1 fully saturated rings. The molecule has 0 aromatic carbocycles. The van der Waals surface area contributed by atoms with Gasteiger partial charge in [-0.15, -0.1) is 0 Å². The molecule has 1 saturated heterocycles. The van der Waals surface area contributed by atoms with E-state index >= 15 is 0 Å². The maximum Gasteiger partial charge on any atom is 0.282 e. The summed E-state index contributed by atoms with van der Waals surface area (Å²) in [5, 5.41) is 0. The lowest BCUT2D eigenvalue weighted by Gasteiger charge is -2.38. The largest absolute Gasteiger partial charge is 0.349 e. The molecule has 6 heteroatoms. The topological polar surface area (TPSA) is 45.6 Å². The molecule has 1 aromatic heterocycles. The van der Waals surface area contributed by atoms with Gasteiger partial charge in [0.15, 0.2) is 0 Å². The number of aromatic nitrogens is 1. The minimum Gasteiger partial charge on any atom is -0.349 e. The van der Waals surface area contributed by atoms with Crippen LogP contribution < -0.4 is 0 Å². The molecule has 3 rings (SSSR count). The minimum atomic E-state index is -3.30. The molecule has 0 N–H and O–H groups in total. The van der Waals surface area contributed by atoms with Crippen LogP contribution >= 0.6 is 0 Å². The summed E-state index contributed by atoms with van der Waals surface area (Å²) in [7, 11) is -3.30. The van der Waals surface area contributed by atoms with E-state index in [4.69, 9.17) is 0 Å². The molecule has 5 nitrogen and oxygen atoms in total. The molecule has 0 spiro atoms. The summed E-state index contributed by atoms with van der Waals surface area (Å²) in [5.41, 5.74) is 1.09. The molecular weight excluding hydrogens is 262 g/mol. The molecule has 0 bridgehead atoms. The fraction of sp³-hybridized carbons (Fsp3) is 0.692. The predicted molar refractivity (Wildman–Crippen MR) is 73.9 cm³/mol. The van der Waals surface area contributed by atoms with Crippen molar-refractivity contribution in [3.05, 3.63) is 24.0 Å². The van der Waals surface area contributed by atoms with E-state index in [1.54, 1.807) is 8.61 Å². The van der Waals surface area contributed by atoms with Crippen LogP contribution in [0, 0.1) is 0 Å². The van der Waals surface area contributed by atoms with Crippen LogP contribution in [0.5, 0.6) is 0 Å². The van der Waals surface area contributed by atoms with Crippen LogP contribution in [0.3, 0.4) is 0 Å². The zero-order valence-electron chi connectivity index (χ0n) is 11.3. The maximum atomic E-state index is 12.7. The van der Waals surface area contributed by atoms with E-state index in [9.17, 15) is 8.42 Å². The Morgan fingerprint density at radius 1 is 1.11 bits per heavy atom. The van der Waals surface area contributed by atoms with Crippen LogP contribution in [0.2, 0.25) is 0 Å². The summed E-state index contributed by atoms with van der Waals surface area (Å²) in [4.78, 5) is 0. The van der Waals surface area contributed by atoms with Crippen molar-refractivity contribution in [1.82, 2.24) is 13.2 Å². The average molecular weight is 283 g/mol. The summed E-state index contributed by atoms with van der Waals surface area (Å²) >= 11 is 0. The van der Waals surface area contributed by atoms with Crippen LogP contribution in [-0.2, 0) is 16.8 Å². The smallest absolute Gasteiger partial charge is 0.282 e. The summed E-state index contributed by atoms with van der Waals surface area (Å²) in [6.45, 7) is 4.65. The SMILES string of the molecule is CC1c2cccn2CCN1S(=O)(=O)N1CCCCC1. The van der Waals surface area contributed by atoms with Gasteiger partial charge in [0.25, 0.3) is 10.2 Å². The van der Waals surface area contributed by atoms with Crippen LogP contribution in [0.4, 0.5) is 0 Å². The van der Waals surface area contributed by atoms with Gasteiger partial charge in [0.2, 0.25) is 0 Å². The lowest BCUT2D eigenvalue weighted by molar-refractivity contribution is 0.244. The van der Waals surface area contributed by atoms with E-state index in [1.807, 2.05) is 25.3 Å². The van der Waals surface area contributed by atoms with Gasteiger partial charge in [-0.25, -0.2) is 0 Å². The third kappa shape index (κ3) is 2.22. The summed E-state index contributed by atoms with van der Waals surface area (Å²) in [6.07, 6.45) is 5.14. The molecular formula is C13H21N3O2S. The molecule has 1 aromatic rings. The monoisotopic (exact) mass is 283 g/mol. The lowest BCUT2D eigenvalue weighted by Crippen LogP contribution is -2.49. The van der Waals surface area contributed by atoms with Crippen molar-refractivity contribution < 1.29 is 8.42 Å². The molecule has 0 amide bonds. The standard InChI is InChI=1S/C13H21N3O2S/c1-12-13-6-5-7-14(13)10-11-16(12)19(17,18)15-8-3-2-4-9-15/h5-7,12H,2-4,8-11H2,1H3.